The fraction of sp³-hybridized carbons (Fsp3) is 0.455. The zero-order valence-electron chi connectivity index (χ0n) is 8.56. The van der Waals surface area contributed by atoms with Crippen LogP contribution >= 0.6 is 0 Å². The number of hydrogen-bond donors (Lipinski definition) is 1. The van der Waals surface area contributed by atoms with E-state index in [0.717, 1.165) is 12.8 Å². The number of benzene rings is 1. The summed E-state index contributed by atoms with van der Waals surface area (Å²) in [6.07, 6.45) is 1.57. The van der Waals surface area contributed by atoms with E-state index in [-0.39, 0.29) is 0 Å². The molecule has 1 atom stereocenters. The minimum atomic E-state index is -1.75. The van der Waals surface area contributed by atoms with E-state index in [1.165, 1.54) is 5.56 Å². The first-order valence-corrected chi connectivity index (χ1v) is 5.78. The number of rotatable bonds is 4. The van der Waals surface area contributed by atoms with Crippen molar-refractivity contribution >= 4 is 11.1 Å². The van der Waals surface area contributed by atoms with Gasteiger partial charge in [0.2, 0.25) is 0 Å². The van der Waals surface area contributed by atoms with Crippen molar-refractivity contribution in [1.82, 2.24) is 0 Å². The summed E-state index contributed by atoms with van der Waals surface area (Å²) in [5, 5.41) is 0. The van der Waals surface area contributed by atoms with Gasteiger partial charge in [-0.25, -0.2) is 4.21 Å². The molecule has 0 saturated carbocycles. The third kappa shape index (κ3) is 3.24. The van der Waals surface area contributed by atoms with E-state index in [1.807, 2.05) is 44.2 Å². The lowest BCUT2D eigenvalue weighted by atomic mass is 10.0. The molecule has 14 heavy (non-hydrogen) atoms. The molecule has 1 aromatic rings. The number of aryl methyl sites for hydroxylation is 1. The maximum atomic E-state index is 11.0. The largest absolute Gasteiger partial charge is 0.306 e. The molecule has 0 fully saturated rings. The summed E-state index contributed by atoms with van der Waals surface area (Å²) in [5.41, 5.74) is 1.21. The Morgan fingerprint density at radius 1 is 1.29 bits per heavy atom. The van der Waals surface area contributed by atoms with Gasteiger partial charge in [-0.3, -0.25) is 0 Å². The average Bonchev–Trinajstić information content (AvgIpc) is 2.16. The normalized spacial score (nSPS) is 13.9. The van der Waals surface area contributed by atoms with Crippen molar-refractivity contribution in [3.8, 4) is 0 Å². The Morgan fingerprint density at radius 3 is 2.36 bits per heavy atom. The molecule has 0 heterocycles. The lowest BCUT2D eigenvalue weighted by molar-refractivity contribution is 0.500. The zero-order valence-corrected chi connectivity index (χ0v) is 9.38. The zero-order chi connectivity index (χ0) is 10.6. The Kier molecular flexibility index (Phi) is 3.84. The smallest absolute Gasteiger partial charge is 0.158 e. The van der Waals surface area contributed by atoms with Gasteiger partial charge in [-0.15, -0.1) is 0 Å². The second kappa shape index (κ2) is 4.71. The van der Waals surface area contributed by atoms with Gasteiger partial charge in [0.05, 0.1) is 4.75 Å². The van der Waals surface area contributed by atoms with Crippen LogP contribution in [0.25, 0.3) is 0 Å². The monoisotopic (exact) mass is 212 g/mol. The minimum absolute atomic E-state index is 0.518. The standard InChI is InChI=1S/C11H16O2S/c1-11(2,14(12)13)9-8-10-6-4-3-5-7-10/h3-7H,8-9H2,1-2H3,(H,12,13). The van der Waals surface area contributed by atoms with Crippen LogP contribution in [-0.4, -0.2) is 13.5 Å². The first kappa shape index (κ1) is 11.4. The molecule has 0 aliphatic heterocycles. The van der Waals surface area contributed by atoms with E-state index in [1.54, 1.807) is 0 Å². The summed E-state index contributed by atoms with van der Waals surface area (Å²) in [5.74, 6) is 0. The predicted octanol–water partition coefficient (Wildman–Crippen LogP) is 2.62. The lowest BCUT2D eigenvalue weighted by Gasteiger charge is -2.19. The van der Waals surface area contributed by atoms with Crippen LogP contribution in [0.2, 0.25) is 0 Å². The van der Waals surface area contributed by atoms with Crippen LogP contribution in [0.5, 0.6) is 0 Å². The van der Waals surface area contributed by atoms with E-state index < -0.39 is 15.8 Å². The van der Waals surface area contributed by atoms with E-state index in [2.05, 4.69) is 0 Å². The molecule has 0 bridgehead atoms. The fourth-order valence-corrected chi connectivity index (χ4v) is 1.45. The lowest BCUT2D eigenvalue weighted by Crippen LogP contribution is -2.26. The van der Waals surface area contributed by atoms with E-state index in [4.69, 9.17) is 4.55 Å². The Labute approximate surface area is 87.6 Å². The molecule has 1 rings (SSSR count). The number of hydrogen-bond acceptors (Lipinski definition) is 1. The van der Waals surface area contributed by atoms with Crippen LogP contribution in [0.1, 0.15) is 25.8 Å². The third-order valence-corrected chi connectivity index (χ3v) is 3.48. The first-order chi connectivity index (χ1) is 6.52. The Bertz CT molecular complexity index is 306. The molecule has 0 aromatic heterocycles. The maximum Gasteiger partial charge on any atom is 0.158 e. The second-order valence-corrected chi connectivity index (χ2v) is 5.60. The van der Waals surface area contributed by atoms with Gasteiger partial charge in [0.25, 0.3) is 0 Å². The maximum absolute atomic E-state index is 11.0. The van der Waals surface area contributed by atoms with Crippen LogP contribution in [0, 0.1) is 0 Å². The summed E-state index contributed by atoms with van der Waals surface area (Å²) in [6, 6.07) is 10.0. The Hall–Kier alpha value is -0.670. The SMILES string of the molecule is CC(C)(CCc1ccccc1)S(=O)O. The predicted molar refractivity (Wildman–Crippen MR) is 59.6 cm³/mol. The quantitative estimate of drug-likeness (QED) is 0.779. The van der Waals surface area contributed by atoms with E-state index >= 15 is 0 Å². The van der Waals surface area contributed by atoms with Crippen molar-refractivity contribution in [2.24, 2.45) is 0 Å². The van der Waals surface area contributed by atoms with Gasteiger partial charge in [-0.05, 0) is 32.3 Å². The highest BCUT2D eigenvalue weighted by Gasteiger charge is 2.24. The van der Waals surface area contributed by atoms with Crippen molar-refractivity contribution in [2.45, 2.75) is 31.4 Å². The van der Waals surface area contributed by atoms with Gasteiger partial charge >= 0.3 is 0 Å². The molecule has 0 spiro atoms. The molecule has 0 aliphatic carbocycles. The fourth-order valence-electron chi connectivity index (χ4n) is 1.18. The minimum Gasteiger partial charge on any atom is -0.306 e. The molecule has 1 N–H and O–H groups in total. The highest BCUT2D eigenvalue weighted by atomic mass is 32.2. The molecule has 0 radical (unpaired) electrons. The van der Waals surface area contributed by atoms with Crippen LogP contribution in [-0.2, 0) is 17.5 Å². The Balaban J connectivity index is 2.53. The van der Waals surface area contributed by atoms with Crippen LogP contribution < -0.4 is 0 Å². The molecule has 1 unspecified atom stereocenters. The van der Waals surface area contributed by atoms with Crippen molar-refractivity contribution in [3.05, 3.63) is 35.9 Å². The summed E-state index contributed by atoms with van der Waals surface area (Å²) >= 11 is -1.75. The van der Waals surface area contributed by atoms with Crippen LogP contribution in [0.4, 0.5) is 0 Å². The first-order valence-electron chi connectivity index (χ1n) is 4.67. The highest BCUT2D eigenvalue weighted by molar-refractivity contribution is 7.80. The van der Waals surface area contributed by atoms with Gasteiger partial charge in [-0.2, -0.15) is 0 Å². The molecule has 1 aromatic carbocycles. The Morgan fingerprint density at radius 2 is 1.86 bits per heavy atom. The summed E-state index contributed by atoms with van der Waals surface area (Å²) in [6.45, 7) is 3.62. The summed E-state index contributed by atoms with van der Waals surface area (Å²) < 4.78 is 19.5. The third-order valence-electron chi connectivity index (χ3n) is 2.33. The van der Waals surface area contributed by atoms with E-state index in [9.17, 15) is 4.21 Å². The van der Waals surface area contributed by atoms with Crippen LogP contribution in [0.15, 0.2) is 30.3 Å². The molecule has 78 valence electrons. The van der Waals surface area contributed by atoms with Crippen molar-refractivity contribution in [1.29, 1.82) is 0 Å². The summed E-state index contributed by atoms with van der Waals surface area (Å²) in [4.78, 5) is 0. The molecular weight excluding hydrogens is 196 g/mol. The van der Waals surface area contributed by atoms with E-state index in [0.29, 0.717) is 0 Å². The van der Waals surface area contributed by atoms with Crippen molar-refractivity contribution in [2.75, 3.05) is 0 Å². The highest BCUT2D eigenvalue weighted by Crippen LogP contribution is 2.18. The summed E-state index contributed by atoms with van der Waals surface area (Å²) in [7, 11) is 0. The van der Waals surface area contributed by atoms with Crippen LogP contribution in [0.3, 0.4) is 0 Å². The van der Waals surface area contributed by atoms with Gasteiger partial charge < -0.3 is 4.55 Å². The van der Waals surface area contributed by atoms with Crippen molar-refractivity contribution < 1.29 is 8.76 Å². The van der Waals surface area contributed by atoms with Gasteiger partial charge in [0.15, 0.2) is 11.1 Å². The molecule has 3 heteroatoms. The van der Waals surface area contributed by atoms with Gasteiger partial charge in [-0.1, -0.05) is 30.3 Å². The molecule has 0 saturated heterocycles. The van der Waals surface area contributed by atoms with Gasteiger partial charge in [0.1, 0.15) is 0 Å². The molecular formula is C11H16O2S. The van der Waals surface area contributed by atoms with Gasteiger partial charge in [0, 0.05) is 0 Å². The second-order valence-electron chi connectivity index (χ2n) is 3.99. The molecule has 2 nitrogen and oxygen atoms in total. The topological polar surface area (TPSA) is 37.3 Å². The van der Waals surface area contributed by atoms with Crippen molar-refractivity contribution in [3.63, 3.8) is 0 Å². The molecule has 0 amide bonds. The average molecular weight is 212 g/mol. The molecule has 0 aliphatic rings.